The van der Waals surface area contributed by atoms with E-state index in [1.165, 1.54) is 5.39 Å². The standard InChI is InChI=1S/C12H11N3/c1-2-4-11-9(3-1)7-10(8-15-11)12-13-5-6-14-12/h1-8,12-14H. The molecule has 0 spiro atoms. The van der Waals surface area contributed by atoms with E-state index in [4.69, 9.17) is 0 Å². The van der Waals surface area contributed by atoms with E-state index in [0.29, 0.717) is 0 Å². The number of nitrogens with zero attached hydrogens (tertiary/aromatic N) is 1. The molecule has 0 aliphatic carbocycles. The van der Waals surface area contributed by atoms with Gasteiger partial charge in [-0.2, -0.15) is 0 Å². The van der Waals surface area contributed by atoms with Crippen molar-refractivity contribution in [2.24, 2.45) is 0 Å². The van der Waals surface area contributed by atoms with Gasteiger partial charge in [0.1, 0.15) is 6.17 Å². The van der Waals surface area contributed by atoms with Gasteiger partial charge in [-0.05, 0) is 12.1 Å². The SMILES string of the molecule is C1=CNC(c2cnc3ccccc3c2)N1. The van der Waals surface area contributed by atoms with Crippen molar-refractivity contribution in [1.29, 1.82) is 0 Å². The van der Waals surface area contributed by atoms with Crippen LogP contribution in [0.2, 0.25) is 0 Å². The largest absolute Gasteiger partial charge is 0.366 e. The smallest absolute Gasteiger partial charge is 0.124 e. The Morgan fingerprint density at radius 3 is 2.73 bits per heavy atom. The molecule has 1 aromatic carbocycles. The van der Waals surface area contributed by atoms with E-state index in [1.54, 1.807) is 0 Å². The Bertz CT molecular complexity index is 511. The van der Waals surface area contributed by atoms with E-state index < -0.39 is 0 Å². The van der Waals surface area contributed by atoms with Gasteiger partial charge >= 0.3 is 0 Å². The minimum Gasteiger partial charge on any atom is -0.366 e. The van der Waals surface area contributed by atoms with Crippen LogP contribution in [0.5, 0.6) is 0 Å². The first-order chi connectivity index (χ1) is 7.43. The summed E-state index contributed by atoms with van der Waals surface area (Å²) in [6.07, 6.45) is 5.86. The van der Waals surface area contributed by atoms with Gasteiger partial charge in [-0.15, -0.1) is 0 Å². The molecular weight excluding hydrogens is 186 g/mol. The quantitative estimate of drug-likeness (QED) is 0.733. The third-order valence-electron chi connectivity index (χ3n) is 2.55. The maximum Gasteiger partial charge on any atom is 0.124 e. The number of hydrogen-bond acceptors (Lipinski definition) is 3. The van der Waals surface area contributed by atoms with Gasteiger partial charge in [0.05, 0.1) is 5.52 Å². The Kier molecular flexibility index (Phi) is 1.81. The van der Waals surface area contributed by atoms with Crippen molar-refractivity contribution in [1.82, 2.24) is 15.6 Å². The second kappa shape index (κ2) is 3.28. The molecule has 1 aliphatic heterocycles. The second-order valence-electron chi connectivity index (χ2n) is 3.56. The highest BCUT2D eigenvalue weighted by Gasteiger charge is 2.11. The molecule has 74 valence electrons. The molecule has 1 aliphatic rings. The minimum absolute atomic E-state index is 0.155. The molecule has 0 atom stereocenters. The number of hydrogen-bond donors (Lipinski definition) is 2. The maximum atomic E-state index is 4.42. The van der Waals surface area contributed by atoms with Gasteiger partial charge in [-0.1, -0.05) is 18.2 Å². The summed E-state index contributed by atoms with van der Waals surface area (Å²) < 4.78 is 0. The van der Waals surface area contributed by atoms with Crippen molar-refractivity contribution in [2.75, 3.05) is 0 Å². The summed E-state index contributed by atoms with van der Waals surface area (Å²) in [4.78, 5) is 4.42. The lowest BCUT2D eigenvalue weighted by atomic mass is 10.1. The first-order valence-corrected chi connectivity index (χ1v) is 4.95. The Morgan fingerprint density at radius 2 is 1.87 bits per heavy atom. The maximum absolute atomic E-state index is 4.42. The van der Waals surface area contributed by atoms with Crippen LogP contribution in [0.15, 0.2) is 48.9 Å². The molecule has 1 aromatic heterocycles. The van der Waals surface area contributed by atoms with Crippen LogP contribution in [0, 0.1) is 0 Å². The number of fused-ring (bicyclic) bond motifs is 1. The number of rotatable bonds is 1. The van der Waals surface area contributed by atoms with E-state index in [2.05, 4.69) is 27.8 Å². The summed E-state index contributed by atoms with van der Waals surface area (Å²) in [7, 11) is 0. The van der Waals surface area contributed by atoms with Crippen LogP contribution in [-0.2, 0) is 0 Å². The van der Waals surface area contributed by atoms with Crippen LogP contribution in [0.4, 0.5) is 0 Å². The third-order valence-corrected chi connectivity index (χ3v) is 2.55. The minimum atomic E-state index is 0.155. The molecule has 3 nitrogen and oxygen atoms in total. The fourth-order valence-corrected chi connectivity index (χ4v) is 1.78. The summed E-state index contributed by atoms with van der Waals surface area (Å²) in [5.41, 5.74) is 2.19. The van der Waals surface area contributed by atoms with Gasteiger partial charge in [0.25, 0.3) is 0 Å². The summed E-state index contributed by atoms with van der Waals surface area (Å²) in [5.74, 6) is 0. The molecule has 3 heteroatoms. The fourth-order valence-electron chi connectivity index (χ4n) is 1.78. The van der Waals surface area contributed by atoms with Crippen molar-refractivity contribution >= 4 is 10.9 Å². The van der Waals surface area contributed by atoms with E-state index in [0.717, 1.165) is 11.1 Å². The molecule has 0 amide bonds. The normalized spacial score (nSPS) is 15.2. The van der Waals surface area contributed by atoms with Gasteiger partial charge < -0.3 is 10.6 Å². The van der Waals surface area contributed by atoms with Crippen molar-refractivity contribution in [3.05, 3.63) is 54.5 Å². The molecule has 0 unspecified atom stereocenters. The summed E-state index contributed by atoms with van der Waals surface area (Å²) in [6.45, 7) is 0. The lowest BCUT2D eigenvalue weighted by molar-refractivity contribution is 0.606. The van der Waals surface area contributed by atoms with Gasteiger partial charge in [-0.25, -0.2) is 0 Å². The van der Waals surface area contributed by atoms with Crippen LogP contribution >= 0.6 is 0 Å². The van der Waals surface area contributed by atoms with E-state index in [-0.39, 0.29) is 6.17 Å². The molecule has 3 rings (SSSR count). The zero-order valence-corrected chi connectivity index (χ0v) is 8.14. The Morgan fingerprint density at radius 1 is 1.07 bits per heavy atom. The number of nitrogens with one attached hydrogen (secondary N) is 2. The van der Waals surface area contributed by atoms with E-state index in [1.807, 2.05) is 36.8 Å². The van der Waals surface area contributed by atoms with Crippen molar-refractivity contribution in [3.8, 4) is 0 Å². The Balaban J connectivity index is 2.06. The van der Waals surface area contributed by atoms with Gasteiger partial charge in [0.2, 0.25) is 0 Å². The van der Waals surface area contributed by atoms with Crippen molar-refractivity contribution in [2.45, 2.75) is 6.17 Å². The van der Waals surface area contributed by atoms with Crippen LogP contribution in [0.1, 0.15) is 11.7 Å². The van der Waals surface area contributed by atoms with Gasteiger partial charge in [0.15, 0.2) is 0 Å². The molecular formula is C12H11N3. The number of pyridine rings is 1. The molecule has 0 saturated carbocycles. The molecule has 0 radical (unpaired) electrons. The van der Waals surface area contributed by atoms with Crippen LogP contribution in [0.3, 0.4) is 0 Å². The number of para-hydroxylation sites is 1. The molecule has 2 aromatic rings. The van der Waals surface area contributed by atoms with Crippen molar-refractivity contribution < 1.29 is 0 Å². The summed E-state index contributed by atoms with van der Waals surface area (Å²) in [5, 5.41) is 7.58. The number of aromatic nitrogens is 1. The van der Waals surface area contributed by atoms with Crippen molar-refractivity contribution in [3.63, 3.8) is 0 Å². The lowest BCUT2D eigenvalue weighted by Gasteiger charge is -2.12. The molecule has 15 heavy (non-hydrogen) atoms. The Labute approximate surface area is 87.8 Å². The highest BCUT2D eigenvalue weighted by atomic mass is 15.1. The molecule has 0 fully saturated rings. The molecule has 2 heterocycles. The predicted octanol–water partition coefficient (Wildman–Crippen LogP) is 1.90. The predicted molar refractivity (Wildman–Crippen MR) is 59.9 cm³/mol. The monoisotopic (exact) mass is 197 g/mol. The van der Waals surface area contributed by atoms with Gasteiger partial charge in [-0.3, -0.25) is 4.98 Å². The average molecular weight is 197 g/mol. The average Bonchev–Trinajstić information content (AvgIpc) is 2.82. The zero-order valence-electron chi connectivity index (χ0n) is 8.14. The first-order valence-electron chi connectivity index (χ1n) is 4.95. The molecule has 0 bridgehead atoms. The zero-order chi connectivity index (χ0) is 10.1. The lowest BCUT2D eigenvalue weighted by Crippen LogP contribution is -2.20. The van der Waals surface area contributed by atoms with Crippen LogP contribution in [-0.4, -0.2) is 4.98 Å². The van der Waals surface area contributed by atoms with Gasteiger partial charge in [0, 0.05) is 29.5 Å². The summed E-state index contributed by atoms with van der Waals surface area (Å²) >= 11 is 0. The second-order valence-corrected chi connectivity index (χ2v) is 3.56. The van der Waals surface area contributed by atoms with Crippen LogP contribution < -0.4 is 10.6 Å². The Hall–Kier alpha value is -2.03. The van der Waals surface area contributed by atoms with Crippen LogP contribution in [0.25, 0.3) is 10.9 Å². The molecule has 2 N–H and O–H groups in total. The molecule has 0 saturated heterocycles. The summed E-state index contributed by atoms with van der Waals surface area (Å²) in [6, 6.07) is 10.3. The highest BCUT2D eigenvalue weighted by Crippen LogP contribution is 2.17. The number of benzene rings is 1. The fraction of sp³-hybridized carbons (Fsp3) is 0.0833. The van der Waals surface area contributed by atoms with E-state index >= 15 is 0 Å². The first kappa shape index (κ1) is 8.29. The topological polar surface area (TPSA) is 37.0 Å². The highest BCUT2D eigenvalue weighted by molar-refractivity contribution is 5.78. The van der Waals surface area contributed by atoms with E-state index in [9.17, 15) is 0 Å². The third kappa shape index (κ3) is 1.42.